The first-order valence-corrected chi connectivity index (χ1v) is 24.4. The van der Waals surface area contributed by atoms with Crippen LogP contribution in [0.4, 0.5) is 37.7 Å². The number of hydrogen-bond acceptors (Lipinski definition) is 10. The molecule has 2 aromatic carbocycles. The van der Waals surface area contributed by atoms with E-state index in [-0.39, 0.29) is 17.1 Å². The van der Waals surface area contributed by atoms with E-state index in [0.717, 1.165) is 71.6 Å². The maximum atomic E-state index is 12.1. The molecule has 4 aliphatic carbocycles. The number of rotatable bonds is 2. The molecule has 8 atom stereocenters. The predicted octanol–water partition coefficient (Wildman–Crippen LogP) is 8.42. The summed E-state index contributed by atoms with van der Waals surface area (Å²) in [5.41, 5.74) is -0.637. The molecule has 4 saturated carbocycles. The molecule has 10 nitrogen and oxygen atoms in total. The fourth-order valence-corrected chi connectivity index (χ4v) is 13.6. The van der Waals surface area contributed by atoms with Crippen LogP contribution in [0.2, 0.25) is 0 Å². The second-order valence-corrected chi connectivity index (χ2v) is 20.1. The molecule has 10 N–H and O–H groups in total. The monoisotopic (exact) mass is 963 g/mol. The maximum absolute atomic E-state index is 12.1. The largest absolute Gasteiger partial charge is 2.00 e. The Labute approximate surface area is 392 Å². The van der Waals surface area contributed by atoms with Crippen LogP contribution in [0, 0.1) is 61.4 Å². The molecule has 365 valence electrons. The molecule has 8 bridgehead atoms. The van der Waals surface area contributed by atoms with Crippen molar-refractivity contribution in [2.24, 2.45) is 47.3 Å². The smallest absolute Gasteiger partial charge is 0.538 e. The number of hydrogen-bond donors (Lipinski definition) is 10. The van der Waals surface area contributed by atoms with E-state index in [9.17, 15) is 26.3 Å². The number of anilines is 2. The van der Waals surface area contributed by atoms with E-state index in [1.54, 1.807) is 0 Å². The molecule has 8 unspecified atom stereocenters. The average molecular weight is 965 g/mol. The van der Waals surface area contributed by atoms with Crippen molar-refractivity contribution >= 4 is 11.4 Å². The van der Waals surface area contributed by atoms with Crippen LogP contribution in [0.1, 0.15) is 114 Å². The third-order valence-corrected chi connectivity index (χ3v) is 16.6. The van der Waals surface area contributed by atoms with Crippen molar-refractivity contribution in [3.05, 3.63) is 73.8 Å². The van der Waals surface area contributed by atoms with Crippen molar-refractivity contribution in [2.75, 3.05) is 10.6 Å². The van der Waals surface area contributed by atoms with E-state index in [1.807, 2.05) is 0 Å². The fraction of sp³-hybridized carbons (Fsp3) is 0.708. The third kappa shape index (κ3) is 11.0. The van der Waals surface area contributed by atoms with Crippen molar-refractivity contribution in [2.45, 2.75) is 164 Å². The minimum atomic E-state index is -4.28. The molecule has 17 heteroatoms. The normalized spacial score (nSPS) is 39.6. The second-order valence-electron chi connectivity index (χ2n) is 20.1. The minimum absolute atomic E-state index is 0. The maximum Gasteiger partial charge on any atom is 2.00 e. The molecule has 0 aromatic heterocycles. The molecule has 5 heterocycles. The quantitative estimate of drug-likeness (QED) is 0.0817. The summed E-state index contributed by atoms with van der Waals surface area (Å²) in [6.45, 7) is 0. The molecule has 9 aliphatic rings. The van der Waals surface area contributed by atoms with Crippen molar-refractivity contribution in [3.63, 3.8) is 0 Å². The Balaban J connectivity index is 0.000000190. The van der Waals surface area contributed by atoms with Gasteiger partial charge in [-0.15, -0.1) is 0 Å². The molecule has 1 radical (unpaired) electrons. The first-order chi connectivity index (χ1) is 30.9. The summed E-state index contributed by atoms with van der Waals surface area (Å²) in [5.74, 6) is 5.97. The van der Waals surface area contributed by atoms with Crippen LogP contribution in [0.25, 0.3) is 0 Å². The van der Waals surface area contributed by atoms with Gasteiger partial charge in [0.25, 0.3) is 0 Å². The first kappa shape index (κ1) is 49.2. The number of nitrogens with one attached hydrogen (secondary N) is 10. The molecule has 0 amide bonds. The van der Waals surface area contributed by atoms with Crippen molar-refractivity contribution in [1.82, 2.24) is 42.5 Å². The Morgan fingerprint density at radius 3 is 0.738 bits per heavy atom. The van der Waals surface area contributed by atoms with Gasteiger partial charge < -0.3 is 10.6 Å². The summed E-state index contributed by atoms with van der Waals surface area (Å²) in [6, 6.07) is 9.73. The Bertz CT molecular complexity index is 1580. The Kier molecular flexibility index (Phi) is 16.1. The molecular formula is C48H70CuF6N10. The van der Waals surface area contributed by atoms with Crippen molar-refractivity contribution in [1.29, 1.82) is 0 Å². The number of benzene rings is 2. The third-order valence-electron chi connectivity index (χ3n) is 16.6. The molecule has 65 heavy (non-hydrogen) atoms. The van der Waals surface area contributed by atoms with Crippen LogP contribution >= 0.6 is 0 Å². The Hall–Kier alpha value is -2.18. The Morgan fingerprint density at radius 1 is 0.369 bits per heavy atom. The van der Waals surface area contributed by atoms with Gasteiger partial charge in [-0.3, -0.25) is 56.6 Å². The first-order valence-electron chi connectivity index (χ1n) is 24.4. The van der Waals surface area contributed by atoms with E-state index in [1.165, 1.54) is 127 Å². The number of fused-ring (bicyclic) bond motifs is 20. The van der Waals surface area contributed by atoms with Crippen LogP contribution in [0.3, 0.4) is 0 Å². The number of halogens is 6. The molecule has 2 aromatic rings. The molecule has 5 saturated heterocycles. The fourth-order valence-electron chi connectivity index (χ4n) is 13.6. The molecule has 9 fully saturated rings. The Morgan fingerprint density at radius 2 is 0.569 bits per heavy atom. The zero-order chi connectivity index (χ0) is 44.6. The summed E-state index contributed by atoms with van der Waals surface area (Å²) < 4.78 is 72.3. The van der Waals surface area contributed by atoms with Gasteiger partial charge in [-0.1, -0.05) is 63.5 Å². The zero-order valence-corrected chi connectivity index (χ0v) is 38.1. The summed E-state index contributed by atoms with van der Waals surface area (Å²) in [7, 11) is 6.52. The van der Waals surface area contributed by atoms with Gasteiger partial charge in [0.05, 0.1) is 60.5 Å². The van der Waals surface area contributed by atoms with Gasteiger partial charge in [0.1, 0.15) is 0 Å². The SMILES string of the molecule is C1CCC2C3NC(NC4NC(NC5NC(NC6NC(N3)C3CCCCC63)C3CCCCC53)C3CCCCC43)C2C1.[CH2-]Nc1cccc(C(F)(F)F)c1.[CH2-]Nc1cccc(C(F)(F)F)c1.[Cu+2]. The van der Waals surface area contributed by atoms with Gasteiger partial charge in [0.15, 0.2) is 0 Å². The van der Waals surface area contributed by atoms with Crippen molar-refractivity contribution in [3.8, 4) is 0 Å². The van der Waals surface area contributed by atoms with E-state index >= 15 is 0 Å². The van der Waals surface area contributed by atoms with Gasteiger partial charge >= 0.3 is 29.4 Å². The predicted molar refractivity (Wildman–Crippen MR) is 238 cm³/mol. The van der Waals surface area contributed by atoms with E-state index in [2.05, 4.69) is 67.3 Å². The van der Waals surface area contributed by atoms with E-state index in [0.29, 0.717) is 60.7 Å². The summed E-state index contributed by atoms with van der Waals surface area (Å²) in [4.78, 5) is 0. The van der Waals surface area contributed by atoms with Crippen LogP contribution in [0.15, 0.2) is 48.5 Å². The molecular weight excluding hydrogens is 894 g/mol. The summed E-state index contributed by atoms with van der Waals surface area (Å²) >= 11 is 0. The van der Waals surface area contributed by atoms with Gasteiger partial charge in [0, 0.05) is 11.4 Å². The van der Waals surface area contributed by atoms with Crippen LogP contribution < -0.4 is 53.2 Å². The van der Waals surface area contributed by atoms with Gasteiger partial charge in [-0.25, -0.2) is 0 Å². The van der Waals surface area contributed by atoms with Crippen LogP contribution in [-0.2, 0) is 29.4 Å². The van der Waals surface area contributed by atoms with Gasteiger partial charge in [0.2, 0.25) is 0 Å². The van der Waals surface area contributed by atoms with Crippen LogP contribution in [0.5, 0.6) is 0 Å². The van der Waals surface area contributed by atoms with Gasteiger partial charge in [-0.2, -0.15) is 26.3 Å². The average Bonchev–Trinajstić information content (AvgIpc) is 4.05. The topological polar surface area (TPSA) is 120 Å². The zero-order valence-electron chi connectivity index (χ0n) is 37.2. The number of alkyl halides is 6. The minimum Gasteiger partial charge on any atom is -0.538 e. The second kappa shape index (κ2) is 21.2. The van der Waals surface area contributed by atoms with Crippen LogP contribution in [-0.4, -0.2) is 49.3 Å². The molecule has 11 rings (SSSR count). The van der Waals surface area contributed by atoms with Crippen molar-refractivity contribution < 1.29 is 43.4 Å². The summed E-state index contributed by atoms with van der Waals surface area (Å²) in [6.07, 6.45) is 17.0. The van der Waals surface area contributed by atoms with Gasteiger partial charge in [-0.05, 0) is 135 Å². The van der Waals surface area contributed by atoms with E-state index < -0.39 is 23.5 Å². The van der Waals surface area contributed by atoms with E-state index in [4.69, 9.17) is 0 Å². The molecule has 5 aliphatic heterocycles. The standard InChI is InChI=1S/C32H56N8.2C8H7F3N.Cu/c1-2-10-18-17(9-1)25-33-26(18)38-28-21-13-5-6-14-22(21)30(35-28)40-32-24-16-8-7-15-23(24)31(36-32)39-29-20-12-4-3-11-19(20)27(34-29)37-25;2*1-12-7-4-2-3-6(5-7)8(9,10)11;/h17-40H,1-16H2;2*2-5,12H,1H2;/q;2*-1;+2. The molecule has 0 spiro atoms. The summed E-state index contributed by atoms with van der Waals surface area (Å²) in [5, 5.41) is 38.6.